The van der Waals surface area contributed by atoms with E-state index in [9.17, 15) is 9.59 Å². The Labute approximate surface area is 165 Å². The maximum absolute atomic E-state index is 12.6. The van der Waals surface area contributed by atoms with Crippen molar-refractivity contribution in [3.63, 3.8) is 0 Å². The lowest BCUT2D eigenvalue weighted by Crippen LogP contribution is -2.45. The third kappa shape index (κ3) is 4.76. The van der Waals surface area contributed by atoms with E-state index in [1.807, 2.05) is 18.2 Å². The zero-order valence-electron chi connectivity index (χ0n) is 16.4. The first-order valence-electron chi connectivity index (χ1n) is 10.2. The van der Waals surface area contributed by atoms with E-state index < -0.39 is 0 Å². The first kappa shape index (κ1) is 19.1. The molecule has 0 bridgehead atoms. The van der Waals surface area contributed by atoms with E-state index in [1.165, 1.54) is 12.8 Å². The summed E-state index contributed by atoms with van der Waals surface area (Å²) in [6.45, 7) is 4.02. The summed E-state index contributed by atoms with van der Waals surface area (Å²) in [7, 11) is 0. The molecule has 2 amide bonds. The Morgan fingerprint density at radius 3 is 2.64 bits per heavy atom. The van der Waals surface area contributed by atoms with E-state index in [0.717, 1.165) is 42.4 Å². The Morgan fingerprint density at radius 1 is 1.07 bits per heavy atom. The number of nitrogens with one attached hydrogen (secondary N) is 2. The summed E-state index contributed by atoms with van der Waals surface area (Å²) in [4.78, 5) is 26.3. The van der Waals surface area contributed by atoms with Crippen LogP contribution in [0.5, 0.6) is 11.5 Å². The molecule has 7 heteroatoms. The maximum atomic E-state index is 12.6. The zero-order valence-corrected chi connectivity index (χ0v) is 16.4. The molecule has 2 heterocycles. The number of carbonyl (C=O) groups is 2. The molecule has 0 spiro atoms. The first-order chi connectivity index (χ1) is 13.6. The molecule has 28 heavy (non-hydrogen) atoms. The van der Waals surface area contributed by atoms with Crippen LogP contribution in [0.3, 0.4) is 0 Å². The average molecular weight is 387 g/mol. The molecule has 4 rings (SSSR count). The largest absolute Gasteiger partial charge is 0.454 e. The molecule has 1 saturated carbocycles. The second kappa shape index (κ2) is 8.39. The summed E-state index contributed by atoms with van der Waals surface area (Å²) in [6.07, 6.45) is 5.12. The van der Waals surface area contributed by atoms with Gasteiger partial charge in [-0.25, -0.2) is 0 Å². The minimum absolute atomic E-state index is 0.0105. The number of rotatable bonds is 8. The number of carbonyl (C=O) groups excluding carboxylic acids is 2. The summed E-state index contributed by atoms with van der Waals surface area (Å²) < 4.78 is 10.7. The molecule has 2 aliphatic heterocycles. The molecular weight excluding hydrogens is 358 g/mol. The van der Waals surface area contributed by atoms with Crippen molar-refractivity contribution in [3.05, 3.63) is 23.8 Å². The fourth-order valence-electron chi connectivity index (χ4n) is 4.15. The number of ether oxygens (including phenoxy) is 2. The van der Waals surface area contributed by atoms with Gasteiger partial charge in [-0.05, 0) is 49.3 Å². The van der Waals surface area contributed by atoms with Crippen molar-refractivity contribution >= 4 is 11.8 Å². The van der Waals surface area contributed by atoms with Crippen LogP contribution in [0.2, 0.25) is 0 Å². The summed E-state index contributed by atoms with van der Waals surface area (Å²) in [5.74, 6) is 2.33. The summed E-state index contributed by atoms with van der Waals surface area (Å²) in [5.41, 5.74) is 1.00. The molecule has 2 atom stereocenters. The Morgan fingerprint density at radius 2 is 1.86 bits per heavy atom. The van der Waals surface area contributed by atoms with Gasteiger partial charge in [0.1, 0.15) is 0 Å². The number of hydrogen-bond donors (Lipinski definition) is 2. The van der Waals surface area contributed by atoms with Gasteiger partial charge in [-0.15, -0.1) is 0 Å². The molecule has 1 aliphatic carbocycles. The Hall–Kier alpha value is -2.28. The van der Waals surface area contributed by atoms with Gasteiger partial charge in [0.05, 0.1) is 0 Å². The number of nitrogens with zero attached hydrogens (tertiary/aromatic N) is 1. The fraction of sp³-hybridized carbons (Fsp3) is 0.619. The lowest BCUT2D eigenvalue weighted by Gasteiger charge is -2.30. The van der Waals surface area contributed by atoms with Crippen LogP contribution < -0.4 is 20.1 Å². The maximum Gasteiger partial charge on any atom is 0.231 e. The van der Waals surface area contributed by atoms with Crippen LogP contribution in [0.4, 0.5) is 0 Å². The van der Waals surface area contributed by atoms with Gasteiger partial charge in [0.25, 0.3) is 0 Å². The second-order valence-corrected chi connectivity index (χ2v) is 8.13. The molecule has 0 radical (unpaired) electrons. The van der Waals surface area contributed by atoms with Crippen LogP contribution in [0.15, 0.2) is 18.2 Å². The predicted molar refractivity (Wildman–Crippen MR) is 104 cm³/mol. The lowest BCUT2D eigenvalue weighted by molar-refractivity contribution is -0.122. The van der Waals surface area contributed by atoms with Crippen LogP contribution in [0.25, 0.3) is 0 Å². The number of benzene rings is 1. The lowest BCUT2D eigenvalue weighted by atomic mass is 10.1. The predicted octanol–water partition coefficient (Wildman–Crippen LogP) is 1.80. The molecule has 0 aromatic heterocycles. The van der Waals surface area contributed by atoms with Gasteiger partial charge in [-0.1, -0.05) is 6.07 Å². The molecular formula is C21H29N3O4. The Balaban J connectivity index is 1.29. The van der Waals surface area contributed by atoms with Gasteiger partial charge in [0, 0.05) is 45.1 Å². The molecule has 1 aromatic rings. The summed E-state index contributed by atoms with van der Waals surface area (Å²) in [6, 6.07) is 6.35. The standard InChI is InChI=1S/C21H29N3O4/c1-14(25)22-11-18-6-5-17(24(18)12-15-2-3-15)9-21(26)23-10-16-4-7-19-20(8-16)28-13-27-19/h4,7-8,15,17-18H,2-3,5-6,9-13H2,1H3,(H,22,25)(H,23,26)/t17-,18+/m0/s1. The van der Waals surface area contributed by atoms with Gasteiger partial charge in [0.15, 0.2) is 11.5 Å². The quantitative estimate of drug-likeness (QED) is 0.711. The molecule has 3 aliphatic rings. The third-order valence-corrected chi connectivity index (χ3v) is 5.87. The SMILES string of the molecule is CC(=O)NC[C@H]1CC[C@@H](CC(=O)NCc2ccc3c(c2)OCO3)N1CC1CC1. The van der Waals surface area contributed by atoms with Crippen molar-refractivity contribution in [3.8, 4) is 11.5 Å². The molecule has 7 nitrogen and oxygen atoms in total. The van der Waals surface area contributed by atoms with Gasteiger partial charge in [0.2, 0.25) is 18.6 Å². The second-order valence-electron chi connectivity index (χ2n) is 8.13. The highest BCUT2D eigenvalue weighted by Gasteiger charge is 2.37. The van der Waals surface area contributed by atoms with E-state index in [4.69, 9.17) is 9.47 Å². The smallest absolute Gasteiger partial charge is 0.231 e. The van der Waals surface area contributed by atoms with Crippen LogP contribution in [-0.2, 0) is 16.1 Å². The van der Waals surface area contributed by atoms with E-state index >= 15 is 0 Å². The Bertz CT molecular complexity index is 734. The third-order valence-electron chi connectivity index (χ3n) is 5.87. The van der Waals surface area contributed by atoms with Crippen LogP contribution in [0, 0.1) is 5.92 Å². The molecule has 152 valence electrons. The molecule has 2 fully saturated rings. The monoisotopic (exact) mass is 387 g/mol. The van der Waals surface area contributed by atoms with Crippen LogP contribution >= 0.6 is 0 Å². The van der Waals surface area contributed by atoms with E-state index in [0.29, 0.717) is 25.6 Å². The number of fused-ring (bicyclic) bond motifs is 1. The highest BCUT2D eigenvalue weighted by molar-refractivity contribution is 5.76. The summed E-state index contributed by atoms with van der Waals surface area (Å²) >= 11 is 0. The van der Waals surface area contributed by atoms with Crippen molar-refractivity contribution in [1.29, 1.82) is 0 Å². The number of amides is 2. The van der Waals surface area contributed by atoms with Crippen LogP contribution in [0.1, 0.15) is 44.6 Å². The van der Waals surface area contributed by atoms with Crippen molar-refractivity contribution < 1.29 is 19.1 Å². The highest BCUT2D eigenvalue weighted by Crippen LogP contribution is 2.35. The van der Waals surface area contributed by atoms with Gasteiger partial charge < -0.3 is 20.1 Å². The molecule has 1 aromatic carbocycles. The van der Waals surface area contributed by atoms with Crippen LogP contribution in [-0.4, -0.2) is 48.7 Å². The Kier molecular flexibility index (Phi) is 5.71. The minimum atomic E-state index is 0.0105. The van der Waals surface area contributed by atoms with Crippen molar-refractivity contribution in [2.45, 2.75) is 57.7 Å². The van der Waals surface area contributed by atoms with E-state index in [2.05, 4.69) is 15.5 Å². The minimum Gasteiger partial charge on any atom is -0.454 e. The molecule has 1 saturated heterocycles. The zero-order chi connectivity index (χ0) is 19.5. The van der Waals surface area contributed by atoms with Gasteiger partial charge in [-0.3, -0.25) is 14.5 Å². The highest BCUT2D eigenvalue weighted by atomic mass is 16.7. The first-order valence-corrected chi connectivity index (χ1v) is 10.2. The summed E-state index contributed by atoms with van der Waals surface area (Å²) in [5, 5.41) is 5.99. The number of hydrogen-bond acceptors (Lipinski definition) is 5. The van der Waals surface area contributed by atoms with Gasteiger partial charge in [-0.2, -0.15) is 0 Å². The normalized spacial score (nSPS) is 23.6. The number of likely N-dealkylation sites (tertiary alicyclic amines) is 1. The van der Waals surface area contributed by atoms with Crippen molar-refractivity contribution in [2.24, 2.45) is 5.92 Å². The van der Waals surface area contributed by atoms with Gasteiger partial charge >= 0.3 is 0 Å². The van der Waals surface area contributed by atoms with E-state index in [1.54, 1.807) is 6.92 Å². The molecule has 0 unspecified atom stereocenters. The topological polar surface area (TPSA) is 79.9 Å². The average Bonchev–Trinajstić information content (AvgIpc) is 3.24. The van der Waals surface area contributed by atoms with Crippen molar-refractivity contribution in [2.75, 3.05) is 19.9 Å². The molecule has 2 N–H and O–H groups in total. The fourth-order valence-corrected chi connectivity index (χ4v) is 4.15. The van der Waals surface area contributed by atoms with Crippen molar-refractivity contribution in [1.82, 2.24) is 15.5 Å². The van der Waals surface area contributed by atoms with E-state index in [-0.39, 0.29) is 24.6 Å².